The molecule has 1 heterocycles. The first kappa shape index (κ1) is 7.52. The van der Waals surface area contributed by atoms with Gasteiger partial charge in [-0.25, -0.2) is 0 Å². The van der Waals surface area contributed by atoms with Gasteiger partial charge in [0.15, 0.2) is 0 Å². The van der Waals surface area contributed by atoms with Crippen LogP contribution in [0.4, 0.5) is 0 Å². The smallest absolute Gasteiger partial charge is 0.0256 e. The Morgan fingerprint density at radius 2 is 2.30 bits per heavy atom. The van der Waals surface area contributed by atoms with Gasteiger partial charge in [-0.1, -0.05) is 19.4 Å². The van der Waals surface area contributed by atoms with Crippen molar-refractivity contribution >= 4 is 6.21 Å². The van der Waals surface area contributed by atoms with Crippen molar-refractivity contribution in [2.24, 2.45) is 16.8 Å². The van der Waals surface area contributed by atoms with Gasteiger partial charge in [-0.05, 0) is 25.2 Å². The number of hydrogen-bond donors (Lipinski definition) is 0. The number of rotatable bonds is 1. The molecule has 0 radical (unpaired) electrons. The zero-order chi connectivity index (χ0) is 7.56. The Hall–Kier alpha value is -0.590. The Bertz CT molecular complexity index is 166. The minimum atomic E-state index is 0.734. The van der Waals surface area contributed by atoms with Crippen molar-refractivity contribution in [1.29, 1.82) is 0 Å². The van der Waals surface area contributed by atoms with Crippen LogP contribution in [0.5, 0.6) is 0 Å². The lowest BCUT2D eigenvalue weighted by atomic mass is 9.86. The highest BCUT2D eigenvalue weighted by molar-refractivity contribution is 5.60. The first-order valence-electron chi connectivity index (χ1n) is 3.90. The van der Waals surface area contributed by atoms with Gasteiger partial charge in [-0.3, -0.25) is 4.99 Å². The summed E-state index contributed by atoms with van der Waals surface area (Å²) in [6.07, 6.45) is 5.12. The molecule has 1 unspecified atom stereocenters. The van der Waals surface area contributed by atoms with Crippen LogP contribution < -0.4 is 0 Å². The molecule has 1 atom stereocenters. The van der Waals surface area contributed by atoms with Crippen molar-refractivity contribution < 1.29 is 0 Å². The molecule has 1 nitrogen and oxygen atoms in total. The quantitative estimate of drug-likeness (QED) is 0.527. The summed E-state index contributed by atoms with van der Waals surface area (Å²) in [6, 6.07) is 0. The molecule has 0 aromatic heterocycles. The monoisotopic (exact) mass is 137 g/mol. The molecule has 0 aliphatic carbocycles. The molecule has 0 spiro atoms. The third kappa shape index (κ3) is 1.47. The van der Waals surface area contributed by atoms with E-state index in [1.807, 2.05) is 12.4 Å². The Kier molecular flexibility index (Phi) is 2.25. The molecule has 0 aromatic carbocycles. The van der Waals surface area contributed by atoms with E-state index in [-0.39, 0.29) is 0 Å². The zero-order valence-electron chi connectivity index (χ0n) is 6.96. The van der Waals surface area contributed by atoms with Crippen LogP contribution in [0, 0.1) is 11.8 Å². The molecular weight excluding hydrogens is 122 g/mol. The molecule has 10 heavy (non-hydrogen) atoms. The molecule has 0 N–H and O–H groups in total. The molecule has 0 saturated heterocycles. The molecule has 1 rings (SSSR count). The average molecular weight is 137 g/mol. The van der Waals surface area contributed by atoms with Crippen LogP contribution in [0.2, 0.25) is 0 Å². The topological polar surface area (TPSA) is 12.4 Å². The first-order valence-corrected chi connectivity index (χ1v) is 3.90. The fourth-order valence-corrected chi connectivity index (χ4v) is 1.42. The fourth-order valence-electron chi connectivity index (χ4n) is 1.42. The van der Waals surface area contributed by atoms with Gasteiger partial charge in [0, 0.05) is 12.4 Å². The highest BCUT2D eigenvalue weighted by atomic mass is 14.7. The molecule has 1 heteroatoms. The van der Waals surface area contributed by atoms with Crippen LogP contribution in [-0.2, 0) is 0 Å². The second-order valence-corrected chi connectivity index (χ2v) is 3.29. The van der Waals surface area contributed by atoms with Crippen molar-refractivity contribution in [2.75, 3.05) is 0 Å². The Balaban J connectivity index is 2.64. The molecule has 0 aromatic rings. The van der Waals surface area contributed by atoms with Gasteiger partial charge < -0.3 is 0 Å². The van der Waals surface area contributed by atoms with E-state index in [4.69, 9.17) is 0 Å². The summed E-state index contributed by atoms with van der Waals surface area (Å²) in [5, 5.41) is 0. The van der Waals surface area contributed by atoms with Crippen LogP contribution in [0.15, 0.2) is 16.8 Å². The van der Waals surface area contributed by atoms with Gasteiger partial charge in [0.1, 0.15) is 0 Å². The SMILES string of the molecule is CC1=CN=CCC1C(C)C. The molecule has 1 aliphatic heterocycles. The van der Waals surface area contributed by atoms with E-state index >= 15 is 0 Å². The van der Waals surface area contributed by atoms with Gasteiger partial charge in [-0.15, -0.1) is 0 Å². The van der Waals surface area contributed by atoms with Crippen molar-refractivity contribution in [3.05, 3.63) is 11.8 Å². The van der Waals surface area contributed by atoms with E-state index in [2.05, 4.69) is 25.8 Å². The van der Waals surface area contributed by atoms with Gasteiger partial charge in [0.25, 0.3) is 0 Å². The van der Waals surface area contributed by atoms with Gasteiger partial charge in [-0.2, -0.15) is 0 Å². The third-order valence-corrected chi connectivity index (χ3v) is 2.13. The maximum Gasteiger partial charge on any atom is 0.0256 e. The van der Waals surface area contributed by atoms with E-state index in [1.54, 1.807) is 0 Å². The summed E-state index contributed by atoms with van der Waals surface area (Å²) >= 11 is 0. The average Bonchev–Trinajstić information content (AvgIpc) is 1.88. The highest BCUT2D eigenvalue weighted by Gasteiger charge is 2.15. The second-order valence-electron chi connectivity index (χ2n) is 3.29. The zero-order valence-corrected chi connectivity index (χ0v) is 6.96. The molecular formula is C9H15N. The maximum atomic E-state index is 4.10. The van der Waals surface area contributed by atoms with E-state index in [0.717, 1.165) is 18.3 Å². The molecule has 0 bridgehead atoms. The predicted octanol–water partition coefficient (Wildman–Crippen LogP) is 2.64. The minimum Gasteiger partial charge on any atom is -0.269 e. The molecule has 0 amide bonds. The third-order valence-electron chi connectivity index (χ3n) is 2.13. The summed E-state index contributed by atoms with van der Waals surface area (Å²) < 4.78 is 0. The summed E-state index contributed by atoms with van der Waals surface area (Å²) in [6.45, 7) is 6.70. The maximum absolute atomic E-state index is 4.10. The number of allylic oxidation sites excluding steroid dienone is 1. The fraction of sp³-hybridized carbons (Fsp3) is 0.667. The Morgan fingerprint density at radius 1 is 1.60 bits per heavy atom. The summed E-state index contributed by atoms with van der Waals surface area (Å²) in [4.78, 5) is 4.10. The van der Waals surface area contributed by atoms with Crippen LogP contribution in [0.25, 0.3) is 0 Å². The number of aliphatic imine (C=N–C) groups is 1. The van der Waals surface area contributed by atoms with Crippen molar-refractivity contribution in [3.63, 3.8) is 0 Å². The lowest BCUT2D eigenvalue weighted by Gasteiger charge is -2.21. The lowest BCUT2D eigenvalue weighted by molar-refractivity contribution is 0.455. The van der Waals surface area contributed by atoms with E-state index in [9.17, 15) is 0 Å². The molecule has 0 fully saturated rings. The summed E-state index contributed by atoms with van der Waals surface area (Å²) in [5.74, 6) is 1.49. The summed E-state index contributed by atoms with van der Waals surface area (Å²) in [7, 11) is 0. The van der Waals surface area contributed by atoms with Gasteiger partial charge >= 0.3 is 0 Å². The largest absolute Gasteiger partial charge is 0.269 e. The highest BCUT2D eigenvalue weighted by Crippen LogP contribution is 2.24. The van der Waals surface area contributed by atoms with Gasteiger partial charge in [0.05, 0.1) is 0 Å². The van der Waals surface area contributed by atoms with Crippen LogP contribution in [0.3, 0.4) is 0 Å². The summed E-state index contributed by atoms with van der Waals surface area (Å²) in [5.41, 5.74) is 1.43. The van der Waals surface area contributed by atoms with Crippen molar-refractivity contribution in [1.82, 2.24) is 0 Å². The minimum absolute atomic E-state index is 0.734. The standard InChI is InChI=1S/C9H15N/c1-7(2)9-4-5-10-6-8(9)3/h5-7,9H,4H2,1-3H3. The Labute approximate surface area is 62.9 Å². The van der Waals surface area contributed by atoms with E-state index in [1.165, 1.54) is 5.57 Å². The Morgan fingerprint density at radius 3 is 2.70 bits per heavy atom. The lowest BCUT2D eigenvalue weighted by Crippen LogP contribution is -2.12. The molecule has 1 aliphatic rings. The van der Waals surface area contributed by atoms with Crippen molar-refractivity contribution in [3.8, 4) is 0 Å². The van der Waals surface area contributed by atoms with Crippen LogP contribution in [-0.4, -0.2) is 6.21 Å². The first-order chi connectivity index (χ1) is 4.72. The van der Waals surface area contributed by atoms with E-state index < -0.39 is 0 Å². The van der Waals surface area contributed by atoms with Crippen LogP contribution in [0.1, 0.15) is 27.2 Å². The number of hydrogen-bond acceptors (Lipinski definition) is 1. The molecule has 0 saturated carbocycles. The number of nitrogens with zero attached hydrogens (tertiary/aromatic N) is 1. The second kappa shape index (κ2) is 3.00. The predicted molar refractivity (Wildman–Crippen MR) is 45.2 cm³/mol. The molecule has 56 valence electrons. The van der Waals surface area contributed by atoms with Gasteiger partial charge in [0.2, 0.25) is 0 Å². The van der Waals surface area contributed by atoms with E-state index in [0.29, 0.717) is 0 Å². The normalized spacial score (nSPS) is 25.2. The van der Waals surface area contributed by atoms with Crippen molar-refractivity contribution in [2.45, 2.75) is 27.2 Å². The van der Waals surface area contributed by atoms with Crippen LogP contribution >= 0.6 is 0 Å².